The number of aliphatic hydroxyl groups is 1. The lowest BCUT2D eigenvalue weighted by Crippen LogP contribution is -2.24. The number of ether oxygens (including phenoxy) is 1. The zero-order valence-electron chi connectivity index (χ0n) is 14.5. The average molecular weight is 327 g/mol. The van der Waals surface area contributed by atoms with Crippen molar-refractivity contribution in [1.29, 1.82) is 0 Å². The Morgan fingerprint density at radius 2 is 1.48 bits per heavy atom. The molecule has 0 aliphatic carbocycles. The summed E-state index contributed by atoms with van der Waals surface area (Å²) >= 11 is 0. The third-order valence-electron chi connectivity index (χ3n) is 3.52. The number of aliphatic hydroxyl groups excluding tert-OH is 1. The van der Waals surface area contributed by atoms with Crippen molar-refractivity contribution in [2.45, 2.75) is 71.1 Å². The maximum Gasteiger partial charge on any atom is 0.330 e. The average Bonchev–Trinajstić information content (AvgIpc) is 2.56. The van der Waals surface area contributed by atoms with Crippen molar-refractivity contribution in [2.24, 2.45) is 0 Å². The summed E-state index contributed by atoms with van der Waals surface area (Å²) in [5, 5.41) is 10.9. The number of hydrogen-bond acceptors (Lipinski definition) is 4. The summed E-state index contributed by atoms with van der Waals surface area (Å²) in [7, 11) is 0. The highest BCUT2D eigenvalue weighted by Gasteiger charge is 1.99. The number of carbonyl (C=O) groups excluding carboxylic acids is 2. The van der Waals surface area contributed by atoms with E-state index in [1.807, 2.05) is 0 Å². The molecule has 5 heteroatoms. The predicted molar refractivity (Wildman–Crippen MR) is 92.0 cm³/mol. The van der Waals surface area contributed by atoms with Gasteiger partial charge in [-0.1, -0.05) is 64.7 Å². The van der Waals surface area contributed by atoms with E-state index in [1.54, 1.807) is 0 Å². The number of rotatable bonds is 15. The van der Waals surface area contributed by atoms with E-state index in [4.69, 9.17) is 9.84 Å². The van der Waals surface area contributed by atoms with Crippen LogP contribution in [0.4, 0.5) is 0 Å². The zero-order valence-corrected chi connectivity index (χ0v) is 14.5. The highest BCUT2D eigenvalue weighted by atomic mass is 16.5. The summed E-state index contributed by atoms with van der Waals surface area (Å²) in [4.78, 5) is 22.5. The molecule has 0 unspecified atom stereocenters. The van der Waals surface area contributed by atoms with Crippen molar-refractivity contribution in [3.05, 3.63) is 12.2 Å². The first-order valence-corrected chi connectivity index (χ1v) is 8.94. The number of nitrogens with one attached hydrogen (secondary N) is 1. The Morgan fingerprint density at radius 1 is 0.913 bits per heavy atom. The molecule has 0 bridgehead atoms. The predicted octanol–water partition coefficient (Wildman–Crippen LogP) is 3.12. The molecule has 0 aliphatic rings. The molecule has 0 spiro atoms. The van der Waals surface area contributed by atoms with Gasteiger partial charge in [-0.05, 0) is 6.42 Å². The zero-order chi connectivity index (χ0) is 17.2. The fourth-order valence-corrected chi connectivity index (χ4v) is 2.19. The Balaban J connectivity index is 3.35. The first kappa shape index (κ1) is 21.6. The van der Waals surface area contributed by atoms with Crippen LogP contribution in [0.15, 0.2) is 12.2 Å². The van der Waals surface area contributed by atoms with Crippen LogP contribution in [0, 0.1) is 0 Å². The second-order valence-corrected chi connectivity index (χ2v) is 5.70. The molecule has 0 aliphatic heterocycles. The Morgan fingerprint density at radius 3 is 2.04 bits per heavy atom. The molecule has 5 nitrogen and oxygen atoms in total. The summed E-state index contributed by atoms with van der Waals surface area (Å²) in [6.07, 6.45) is 14.6. The molecule has 1 amide bonds. The topological polar surface area (TPSA) is 75.6 Å². The molecule has 0 rings (SSSR count). The molecular formula is C18H33NO4. The van der Waals surface area contributed by atoms with Crippen molar-refractivity contribution in [3.63, 3.8) is 0 Å². The van der Waals surface area contributed by atoms with Crippen molar-refractivity contribution < 1.29 is 19.4 Å². The van der Waals surface area contributed by atoms with E-state index in [0.717, 1.165) is 25.0 Å². The van der Waals surface area contributed by atoms with Crippen LogP contribution in [0.5, 0.6) is 0 Å². The highest BCUT2D eigenvalue weighted by Crippen LogP contribution is 2.10. The highest BCUT2D eigenvalue weighted by molar-refractivity contribution is 5.94. The number of hydrogen-bond donors (Lipinski definition) is 2. The van der Waals surface area contributed by atoms with Crippen molar-refractivity contribution >= 4 is 11.9 Å². The van der Waals surface area contributed by atoms with Gasteiger partial charge in [0, 0.05) is 18.7 Å². The van der Waals surface area contributed by atoms with Gasteiger partial charge in [0.05, 0.1) is 13.2 Å². The molecule has 0 aromatic heterocycles. The van der Waals surface area contributed by atoms with Gasteiger partial charge in [-0.15, -0.1) is 0 Å². The minimum absolute atomic E-state index is 0.122. The Labute approximate surface area is 140 Å². The van der Waals surface area contributed by atoms with E-state index in [2.05, 4.69) is 12.2 Å². The molecule has 0 fully saturated rings. The van der Waals surface area contributed by atoms with Gasteiger partial charge in [0.15, 0.2) is 0 Å². The monoisotopic (exact) mass is 327 g/mol. The van der Waals surface area contributed by atoms with Crippen LogP contribution in [0.1, 0.15) is 71.1 Å². The van der Waals surface area contributed by atoms with Crippen LogP contribution in [0.2, 0.25) is 0 Å². The van der Waals surface area contributed by atoms with E-state index in [0.29, 0.717) is 6.61 Å². The van der Waals surface area contributed by atoms with E-state index in [-0.39, 0.29) is 13.2 Å². The van der Waals surface area contributed by atoms with Gasteiger partial charge < -0.3 is 15.2 Å². The lowest BCUT2D eigenvalue weighted by molar-refractivity contribution is -0.138. The molecule has 0 saturated heterocycles. The summed E-state index contributed by atoms with van der Waals surface area (Å²) in [6, 6.07) is 0. The largest absolute Gasteiger partial charge is 0.463 e. The van der Waals surface area contributed by atoms with Gasteiger partial charge in [0.25, 0.3) is 0 Å². The maximum absolute atomic E-state index is 11.3. The van der Waals surface area contributed by atoms with Gasteiger partial charge >= 0.3 is 5.97 Å². The molecule has 0 radical (unpaired) electrons. The van der Waals surface area contributed by atoms with E-state index >= 15 is 0 Å². The molecular weight excluding hydrogens is 294 g/mol. The first-order chi connectivity index (χ1) is 11.2. The Kier molecular flexibility index (Phi) is 16.0. The second kappa shape index (κ2) is 17.0. The van der Waals surface area contributed by atoms with Gasteiger partial charge in [-0.25, -0.2) is 4.79 Å². The van der Waals surface area contributed by atoms with Gasteiger partial charge in [-0.3, -0.25) is 4.79 Å². The SMILES string of the molecule is CCCCCCCCCCCCOC(=O)/C=C\C(=O)NCCO. The number of unbranched alkanes of at least 4 members (excludes halogenated alkanes) is 9. The maximum atomic E-state index is 11.3. The third kappa shape index (κ3) is 16.8. The molecule has 0 saturated carbocycles. The Hall–Kier alpha value is -1.36. The van der Waals surface area contributed by atoms with Gasteiger partial charge in [0.1, 0.15) is 0 Å². The first-order valence-electron chi connectivity index (χ1n) is 8.94. The Bertz CT molecular complexity index is 329. The summed E-state index contributed by atoms with van der Waals surface area (Å²) in [6.45, 7) is 2.69. The lowest BCUT2D eigenvalue weighted by Gasteiger charge is -2.03. The van der Waals surface area contributed by atoms with Gasteiger partial charge in [-0.2, -0.15) is 0 Å². The van der Waals surface area contributed by atoms with Crippen molar-refractivity contribution in [2.75, 3.05) is 19.8 Å². The molecule has 2 N–H and O–H groups in total. The fourth-order valence-electron chi connectivity index (χ4n) is 2.19. The number of esters is 1. The smallest absolute Gasteiger partial charge is 0.330 e. The third-order valence-corrected chi connectivity index (χ3v) is 3.52. The molecule has 0 atom stereocenters. The fraction of sp³-hybridized carbons (Fsp3) is 0.778. The molecule has 0 aromatic rings. The van der Waals surface area contributed by atoms with E-state index in [9.17, 15) is 9.59 Å². The van der Waals surface area contributed by atoms with Crippen molar-refractivity contribution in [1.82, 2.24) is 5.32 Å². The standard InChI is InChI=1S/C18H33NO4/c1-2-3-4-5-6-7-8-9-10-11-16-23-18(22)13-12-17(21)19-14-15-20/h12-13,20H,2-11,14-16H2,1H3,(H,19,21)/b13-12-. The van der Waals surface area contributed by atoms with Crippen LogP contribution in [0.3, 0.4) is 0 Å². The minimum Gasteiger partial charge on any atom is -0.463 e. The number of carbonyl (C=O) groups is 2. The molecule has 0 heterocycles. The van der Waals surface area contributed by atoms with E-state index < -0.39 is 11.9 Å². The minimum atomic E-state index is -0.500. The summed E-state index contributed by atoms with van der Waals surface area (Å²) < 4.78 is 5.01. The molecule has 23 heavy (non-hydrogen) atoms. The summed E-state index contributed by atoms with van der Waals surface area (Å²) in [5.74, 6) is -0.907. The summed E-state index contributed by atoms with van der Waals surface area (Å²) in [5.41, 5.74) is 0. The molecule has 0 aromatic carbocycles. The quantitative estimate of drug-likeness (QED) is 0.275. The molecule has 134 valence electrons. The van der Waals surface area contributed by atoms with Crippen LogP contribution < -0.4 is 5.32 Å². The lowest BCUT2D eigenvalue weighted by atomic mass is 10.1. The van der Waals surface area contributed by atoms with Crippen molar-refractivity contribution in [3.8, 4) is 0 Å². The van der Waals surface area contributed by atoms with Gasteiger partial charge in [0.2, 0.25) is 5.91 Å². The van der Waals surface area contributed by atoms with Crippen LogP contribution in [0.25, 0.3) is 0 Å². The second-order valence-electron chi connectivity index (χ2n) is 5.70. The van der Waals surface area contributed by atoms with Crippen LogP contribution in [-0.2, 0) is 14.3 Å². The van der Waals surface area contributed by atoms with E-state index in [1.165, 1.54) is 51.4 Å². The van der Waals surface area contributed by atoms with Crippen LogP contribution in [-0.4, -0.2) is 36.7 Å². The van der Waals surface area contributed by atoms with Crippen LogP contribution >= 0.6 is 0 Å². The number of amides is 1. The normalized spacial score (nSPS) is 10.9.